The number of rotatable bonds is 14. The fourth-order valence-electron chi connectivity index (χ4n) is 6.65. The summed E-state index contributed by atoms with van der Waals surface area (Å²) in [5, 5.41) is 10.9. The minimum Gasteiger partial charge on any atom is -0.458 e. The van der Waals surface area contributed by atoms with Gasteiger partial charge < -0.3 is 30.9 Å². The number of carbonyl (C=O) groups is 6. The van der Waals surface area contributed by atoms with Crippen molar-refractivity contribution in [2.24, 2.45) is 23.2 Å². The molecule has 0 aromatic heterocycles. The zero-order valence-electron chi connectivity index (χ0n) is 30.7. The molecule has 48 heavy (non-hydrogen) atoms. The molecule has 1 aliphatic carbocycles. The Hall–Kier alpha value is -3.44. The number of Topliss-reactive ketones (excluding diaryl/α,β-unsaturated/α-hetero) is 1. The lowest BCUT2D eigenvalue weighted by molar-refractivity contribution is -0.159. The monoisotopic (exact) mass is 675 g/mol. The van der Waals surface area contributed by atoms with Crippen LogP contribution < -0.4 is 21.3 Å². The first kappa shape index (κ1) is 40.7. The first-order chi connectivity index (χ1) is 22.3. The Kier molecular flexibility index (Phi) is 15.1. The number of urea groups is 1. The van der Waals surface area contributed by atoms with E-state index in [1.165, 1.54) is 11.0 Å². The van der Waals surface area contributed by atoms with Crippen molar-refractivity contribution in [3.63, 3.8) is 0 Å². The van der Waals surface area contributed by atoms with Crippen LogP contribution in [0, 0.1) is 23.2 Å². The summed E-state index contributed by atoms with van der Waals surface area (Å²) in [5.74, 6) is -3.28. The van der Waals surface area contributed by atoms with E-state index in [0.717, 1.165) is 32.1 Å². The Morgan fingerprint density at radius 3 is 2.06 bits per heavy atom. The molecule has 1 saturated carbocycles. The molecule has 0 aromatic carbocycles. The van der Waals surface area contributed by atoms with E-state index in [9.17, 15) is 28.8 Å². The SMILES string of the molecule is C=CCNC(=O)C(=O)C(CCC)NC(=O)[C@@H]1C(C(C)C)CCN1C(=O)[C@@H](NC(=O)N[C@H](C(=O)OC(C)(C)C)C1CCCCC1)C(C)(C)C. The van der Waals surface area contributed by atoms with E-state index >= 15 is 0 Å². The van der Waals surface area contributed by atoms with E-state index < -0.39 is 70.7 Å². The van der Waals surface area contributed by atoms with Crippen LogP contribution in [0.4, 0.5) is 4.79 Å². The summed E-state index contributed by atoms with van der Waals surface area (Å²) < 4.78 is 5.67. The van der Waals surface area contributed by atoms with E-state index in [1.54, 1.807) is 20.8 Å². The van der Waals surface area contributed by atoms with E-state index in [4.69, 9.17) is 4.74 Å². The van der Waals surface area contributed by atoms with Crippen molar-refractivity contribution in [1.82, 2.24) is 26.2 Å². The van der Waals surface area contributed by atoms with Crippen molar-refractivity contribution < 1.29 is 33.5 Å². The van der Waals surface area contributed by atoms with Crippen LogP contribution >= 0.6 is 0 Å². The molecule has 0 bridgehead atoms. The Balaban J connectivity index is 2.34. The van der Waals surface area contributed by atoms with Gasteiger partial charge in [0.25, 0.3) is 5.91 Å². The standard InChI is InChI=1S/C36H61N5O7/c1-11-16-25(28(42)31(44)37-20-12-2)38-30(43)27-24(22(3)4)19-21-41(27)32(45)29(35(5,6)7)40-34(47)39-26(23-17-14-13-15-18-23)33(46)48-36(8,9)10/h12,22-27,29H,2,11,13-21H2,1,3-10H3,(H,37,44)(H,38,43)(H2,39,40,47)/t24?,25?,26-,27-,29+/m0/s1. The molecule has 4 N–H and O–H groups in total. The smallest absolute Gasteiger partial charge is 0.329 e. The van der Waals surface area contributed by atoms with Gasteiger partial charge in [-0.1, -0.05) is 73.3 Å². The predicted octanol–water partition coefficient (Wildman–Crippen LogP) is 4.02. The van der Waals surface area contributed by atoms with Gasteiger partial charge in [0.05, 0.1) is 6.04 Å². The van der Waals surface area contributed by atoms with E-state index in [0.29, 0.717) is 12.8 Å². The van der Waals surface area contributed by atoms with Crippen molar-refractivity contribution in [3.8, 4) is 0 Å². The highest BCUT2D eigenvalue weighted by atomic mass is 16.6. The Morgan fingerprint density at radius 1 is 0.917 bits per heavy atom. The van der Waals surface area contributed by atoms with Crippen molar-refractivity contribution in [1.29, 1.82) is 0 Å². The molecule has 1 saturated heterocycles. The van der Waals surface area contributed by atoms with Gasteiger partial charge in [0.1, 0.15) is 23.7 Å². The van der Waals surface area contributed by atoms with E-state index in [1.807, 2.05) is 41.5 Å². The van der Waals surface area contributed by atoms with Crippen molar-refractivity contribution >= 4 is 35.5 Å². The van der Waals surface area contributed by atoms with Crippen LogP contribution in [0.15, 0.2) is 12.7 Å². The average molecular weight is 676 g/mol. The van der Waals surface area contributed by atoms with Crippen LogP contribution in [0.3, 0.4) is 0 Å². The number of likely N-dealkylation sites (tertiary alicyclic amines) is 1. The number of carbonyl (C=O) groups excluding carboxylic acids is 6. The summed E-state index contributed by atoms with van der Waals surface area (Å²) in [6.07, 6.45) is 7.36. The zero-order valence-corrected chi connectivity index (χ0v) is 30.7. The van der Waals surface area contributed by atoms with E-state index in [-0.39, 0.29) is 37.3 Å². The fourth-order valence-corrected chi connectivity index (χ4v) is 6.65. The Labute approximate surface area is 287 Å². The fraction of sp³-hybridized carbons (Fsp3) is 0.778. The van der Waals surface area contributed by atoms with Gasteiger partial charge in [-0.05, 0) is 69.6 Å². The predicted molar refractivity (Wildman–Crippen MR) is 185 cm³/mol. The molecule has 2 unspecified atom stereocenters. The summed E-state index contributed by atoms with van der Waals surface area (Å²) in [6, 6.07) is -4.53. The van der Waals surface area contributed by atoms with Gasteiger partial charge in [0, 0.05) is 13.1 Å². The molecule has 1 aliphatic heterocycles. The highest BCUT2D eigenvalue weighted by molar-refractivity contribution is 6.38. The summed E-state index contributed by atoms with van der Waals surface area (Å²) >= 11 is 0. The molecule has 0 spiro atoms. The molecule has 0 aromatic rings. The van der Waals surface area contributed by atoms with Crippen LogP contribution in [0.25, 0.3) is 0 Å². The third-order valence-electron chi connectivity index (χ3n) is 9.15. The first-order valence-corrected chi connectivity index (χ1v) is 17.7. The molecule has 2 fully saturated rings. The number of nitrogens with one attached hydrogen (secondary N) is 4. The number of esters is 1. The van der Waals surface area contributed by atoms with Gasteiger partial charge in [0.2, 0.25) is 17.6 Å². The molecule has 2 rings (SSSR count). The van der Waals surface area contributed by atoms with Gasteiger partial charge in [-0.2, -0.15) is 0 Å². The molecule has 272 valence electrons. The van der Waals surface area contributed by atoms with Crippen molar-refractivity contribution in [2.45, 2.75) is 143 Å². The lowest BCUT2D eigenvalue weighted by atomic mass is 9.83. The van der Waals surface area contributed by atoms with Crippen LogP contribution in [-0.2, 0) is 28.7 Å². The average Bonchev–Trinajstić information content (AvgIpc) is 3.45. The summed E-state index contributed by atoms with van der Waals surface area (Å²) in [5.41, 5.74) is -1.50. The minimum atomic E-state index is -1.05. The molecule has 0 radical (unpaired) electrons. The second kappa shape index (κ2) is 17.8. The van der Waals surface area contributed by atoms with Crippen molar-refractivity contribution in [3.05, 3.63) is 12.7 Å². The molecule has 12 nitrogen and oxygen atoms in total. The van der Waals surface area contributed by atoms with Gasteiger partial charge in [-0.15, -0.1) is 6.58 Å². The number of ether oxygens (including phenoxy) is 1. The number of hydrogen-bond acceptors (Lipinski definition) is 7. The number of hydrogen-bond donors (Lipinski definition) is 4. The quantitative estimate of drug-likeness (QED) is 0.123. The number of nitrogens with zero attached hydrogens (tertiary/aromatic N) is 1. The summed E-state index contributed by atoms with van der Waals surface area (Å²) in [7, 11) is 0. The maximum atomic E-state index is 14.4. The lowest BCUT2D eigenvalue weighted by Crippen LogP contribution is -2.62. The maximum absolute atomic E-state index is 14.4. The first-order valence-electron chi connectivity index (χ1n) is 17.7. The normalized spacial score (nSPS) is 20.7. The van der Waals surface area contributed by atoms with E-state index in [2.05, 4.69) is 27.8 Å². The highest BCUT2D eigenvalue weighted by Crippen LogP contribution is 2.34. The molecular weight excluding hydrogens is 614 g/mol. The van der Waals surface area contributed by atoms with Gasteiger partial charge >= 0.3 is 12.0 Å². The zero-order chi connectivity index (χ0) is 36.4. The van der Waals surface area contributed by atoms with Gasteiger partial charge in [0.15, 0.2) is 0 Å². The lowest BCUT2D eigenvalue weighted by Gasteiger charge is -2.37. The minimum absolute atomic E-state index is 0.0317. The van der Waals surface area contributed by atoms with Crippen LogP contribution in [0.5, 0.6) is 0 Å². The van der Waals surface area contributed by atoms with Crippen molar-refractivity contribution in [2.75, 3.05) is 13.1 Å². The molecule has 1 heterocycles. The maximum Gasteiger partial charge on any atom is 0.329 e. The second-order valence-corrected chi connectivity index (χ2v) is 15.7. The molecule has 12 heteroatoms. The molecular formula is C36H61N5O7. The van der Waals surface area contributed by atoms with Gasteiger partial charge in [-0.3, -0.25) is 19.2 Å². The second-order valence-electron chi connectivity index (χ2n) is 15.7. The molecule has 5 amide bonds. The molecule has 5 atom stereocenters. The third kappa shape index (κ3) is 11.6. The largest absolute Gasteiger partial charge is 0.458 e. The number of ketones is 1. The topological polar surface area (TPSA) is 163 Å². The van der Waals surface area contributed by atoms with Crippen LogP contribution in [0.1, 0.15) is 114 Å². The highest BCUT2D eigenvalue weighted by Gasteiger charge is 2.48. The van der Waals surface area contributed by atoms with Crippen LogP contribution in [-0.4, -0.2) is 83.3 Å². The Morgan fingerprint density at radius 2 is 1.54 bits per heavy atom. The number of amides is 5. The third-order valence-corrected chi connectivity index (χ3v) is 9.15. The Bertz CT molecular complexity index is 1170. The summed E-state index contributed by atoms with van der Waals surface area (Å²) in [6.45, 7) is 20.6. The molecule has 2 aliphatic rings. The summed E-state index contributed by atoms with van der Waals surface area (Å²) in [4.78, 5) is 82.1. The van der Waals surface area contributed by atoms with Crippen LogP contribution in [0.2, 0.25) is 0 Å². The van der Waals surface area contributed by atoms with Gasteiger partial charge in [-0.25, -0.2) is 9.59 Å².